The molecule has 1 aromatic carbocycles. The Balaban J connectivity index is 1.66. The summed E-state index contributed by atoms with van der Waals surface area (Å²) in [6.45, 7) is 3.85. The van der Waals surface area contributed by atoms with Gasteiger partial charge in [0.1, 0.15) is 5.84 Å². The third-order valence-electron chi connectivity index (χ3n) is 5.09. The van der Waals surface area contributed by atoms with Crippen LogP contribution in [0.1, 0.15) is 43.0 Å². The molecule has 0 unspecified atom stereocenters. The van der Waals surface area contributed by atoms with Crippen molar-refractivity contribution < 1.29 is 9.90 Å². The molecule has 150 valence electrons. The number of amides is 2. The Morgan fingerprint density at radius 3 is 2.79 bits per heavy atom. The van der Waals surface area contributed by atoms with Crippen LogP contribution in [0.25, 0.3) is 0 Å². The minimum Gasteiger partial charge on any atom is -0.385 e. The highest BCUT2D eigenvalue weighted by Crippen LogP contribution is 2.34. The molecule has 0 aliphatic carbocycles. The number of amidine groups is 1. The molecule has 1 aliphatic heterocycles. The summed E-state index contributed by atoms with van der Waals surface area (Å²) in [6, 6.07) is 11.4. The van der Waals surface area contributed by atoms with Crippen molar-refractivity contribution in [3.05, 3.63) is 52.2 Å². The number of benzene rings is 1. The predicted molar refractivity (Wildman–Crippen MR) is 114 cm³/mol. The molecule has 28 heavy (non-hydrogen) atoms. The van der Waals surface area contributed by atoms with Crippen LogP contribution in [-0.4, -0.2) is 41.5 Å². The number of hydrogen-bond donors (Lipinski definition) is 3. The highest BCUT2D eigenvalue weighted by atomic mass is 32.1. The van der Waals surface area contributed by atoms with Gasteiger partial charge in [-0.2, -0.15) is 0 Å². The first kappa shape index (κ1) is 20.4. The van der Waals surface area contributed by atoms with Crippen molar-refractivity contribution in [3.63, 3.8) is 0 Å². The van der Waals surface area contributed by atoms with Crippen molar-refractivity contribution in [1.29, 1.82) is 0 Å². The Morgan fingerprint density at radius 1 is 1.32 bits per heavy atom. The second-order valence-corrected chi connectivity index (χ2v) is 8.08. The lowest BCUT2D eigenvalue weighted by molar-refractivity contribution is -0.0167. The van der Waals surface area contributed by atoms with Crippen LogP contribution in [0, 0.1) is 0 Å². The van der Waals surface area contributed by atoms with Crippen molar-refractivity contribution in [3.8, 4) is 0 Å². The maximum Gasteiger partial charge on any atom is 0.317 e. The highest BCUT2D eigenvalue weighted by Gasteiger charge is 2.35. The molecule has 0 bridgehead atoms. The fraction of sp³-hybridized carbons (Fsp3) is 0.429. The first-order chi connectivity index (χ1) is 13.5. The monoisotopic (exact) mass is 400 g/mol. The number of likely N-dealkylation sites (tertiary alicyclic amines) is 1. The molecule has 0 saturated carbocycles. The summed E-state index contributed by atoms with van der Waals surface area (Å²) in [5, 5.41) is 16.1. The van der Waals surface area contributed by atoms with Crippen LogP contribution in [0.5, 0.6) is 0 Å². The van der Waals surface area contributed by atoms with E-state index in [1.54, 1.807) is 16.2 Å². The van der Waals surface area contributed by atoms with Gasteiger partial charge < -0.3 is 21.1 Å². The summed E-state index contributed by atoms with van der Waals surface area (Å²) in [4.78, 5) is 19.4. The molecule has 1 saturated heterocycles. The van der Waals surface area contributed by atoms with E-state index in [-0.39, 0.29) is 6.03 Å². The van der Waals surface area contributed by atoms with Gasteiger partial charge in [-0.3, -0.25) is 0 Å². The number of thiophene rings is 1. The van der Waals surface area contributed by atoms with E-state index in [0.717, 1.165) is 29.0 Å². The van der Waals surface area contributed by atoms with Gasteiger partial charge in [-0.15, -0.1) is 11.3 Å². The summed E-state index contributed by atoms with van der Waals surface area (Å²) in [5.74, 6) is 0.470. The smallest absolute Gasteiger partial charge is 0.317 e. The lowest BCUT2D eigenvalue weighted by Crippen LogP contribution is -2.48. The van der Waals surface area contributed by atoms with E-state index >= 15 is 0 Å². The average molecular weight is 401 g/mol. The molecule has 2 amide bonds. The normalized spacial score (nSPS) is 16.8. The molecule has 2 heterocycles. The standard InChI is InChI=1S/C21H28N4O2S/c1-2-3-11-23-20(26)25-12-9-21(27,10-13-25)16-6-4-7-17(15-16)24-19(22)18-8-5-14-28-18/h4-8,14-15,27H,2-3,9-13H2,1H3,(H2,22,24)(H,23,26). The van der Waals surface area contributed by atoms with E-state index in [9.17, 15) is 9.90 Å². The van der Waals surface area contributed by atoms with Crippen molar-refractivity contribution >= 4 is 28.9 Å². The van der Waals surface area contributed by atoms with Crippen molar-refractivity contribution in [1.82, 2.24) is 10.2 Å². The number of rotatable bonds is 6. The largest absolute Gasteiger partial charge is 0.385 e. The number of aliphatic hydroxyl groups is 1. The Hall–Kier alpha value is -2.38. The fourth-order valence-corrected chi connectivity index (χ4v) is 3.96. The number of aliphatic imine (C=N–C) groups is 1. The molecule has 1 aliphatic rings. The Kier molecular flexibility index (Phi) is 6.70. The number of urea groups is 1. The van der Waals surface area contributed by atoms with Crippen LogP contribution in [0.15, 0.2) is 46.8 Å². The average Bonchev–Trinajstić information content (AvgIpc) is 3.24. The Morgan fingerprint density at radius 2 is 2.11 bits per heavy atom. The van der Waals surface area contributed by atoms with E-state index in [1.807, 2.05) is 41.8 Å². The SMILES string of the molecule is CCCCNC(=O)N1CCC(O)(c2cccc(N=C(N)c3cccs3)c2)CC1. The number of nitrogens with one attached hydrogen (secondary N) is 1. The van der Waals surface area contributed by atoms with E-state index in [2.05, 4.69) is 17.2 Å². The lowest BCUT2D eigenvalue weighted by atomic mass is 9.84. The van der Waals surface area contributed by atoms with Crippen LogP contribution in [-0.2, 0) is 5.60 Å². The molecule has 2 aromatic rings. The van der Waals surface area contributed by atoms with E-state index in [0.29, 0.717) is 38.3 Å². The zero-order chi connectivity index (χ0) is 20.0. The van der Waals surface area contributed by atoms with Gasteiger partial charge in [0.05, 0.1) is 16.2 Å². The van der Waals surface area contributed by atoms with Gasteiger partial charge in [0.15, 0.2) is 0 Å². The molecule has 3 rings (SSSR count). The molecule has 7 heteroatoms. The third kappa shape index (κ3) is 4.91. The lowest BCUT2D eigenvalue weighted by Gasteiger charge is -2.38. The summed E-state index contributed by atoms with van der Waals surface area (Å²) in [5.41, 5.74) is 6.66. The molecule has 0 spiro atoms. The molecular formula is C21H28N4O2S. The number of unbranched alkanes of at least 4 members (excludes halogenated alkanes) is 1. The Labute approximate surface area is 170 Å². The predicted octanol–water partition coefficient (Wildman–Crippen LogP) is 3.58. The van der Waals surface area contributed by atoms with E-state index < -0.39 is 5.60 Å². The summed E-state index contributed by atoms with van der Waals surface area (Å²) < 4.78 is 0. The van der Waals surface area contributed by atoms with Gasteiger partial charge in [0.2, 0.25) is 0 Å². The minimum absolute atomic E-state index is 0.0439. The molecular weight excluding hydrogens is 372 g/mol. The zero-order valence-electron chi connectivity index (χ0n) is 16.2. The first-order valence-corrected chi connectivity index (χ1v) is 10.6. The number of carbonyl (C=O) groups excluding carboxylic acids is 1. The van der Waals surface area contributed by atoms with E-state index in [4.69, 9.17) is 5.73 Å². The minimum atomic E-state index is -0.955. The molecule has 1 fully saturated rings. The van der Waals surface area contributed by atoms with Gasteiger partial charge in [-0.25, -0.2) is 9.79 Å². The summed E-state index contributed by atoms with van der Waals surface area (Å²) >= 11 is 1.54. The molecule has 1 aromatic heterocycles. The number of piperidine rings is 1. The van der Waals surface area contributed by atoms with Crippen LogP contribution >= 0.6 is 11.3 Å². The van der Waals surface area contributed by atoms with E-state index in [1.165, 1.54) is 0 Å². The van der Waals surface area contributed by atoms with Crippen molar-refractivity contribution in [2.24, 2.45) is 10.7 Å². The zero-order valence-corrected chi connectivity index (χ0v) is 17.0. The van der Waals surface area contributed by atoms with Crippen LogP contribution < -0.4 is 11.1 Å². The van der Waals surface area contributed by atoms with Gasteiger partial charge in [0.25, 0.3) is 0 Å². The highest BCUT2D eigenvalue weighted by molar-refractivity contribution is 7.12. The fourth-order valence-electron chi connectivity index (χ4n) is 3.34. The Bertz CT molecular complexity index is 812. The first-order valence-electron chi connectivity index (χ1n) is 9.75. The second-order valence-electron chi connectivity index (χ2n) is 7.13. The van der Waals surface area contributed by atoms with Gasteiger partial charge in [-0.05, 0) is 48.4 Å². The van der Waals surface area contributed by atoms with Gasteiger partial charge in [0, 0.05) is 19.6 Å². The van der Waals surface area contributed by atoms with Gasteiger partial charge >= 0.3 is 6.03 Å². The number of nitrogens with two attached hydrogens (primary N) is 1. The molecule has 4 N–H and O–H groups in total. The molecule has 6 nitrogen and oxygen atoms in total. The molecule has 0 atom stereocenters. The number of carbonyl (C=O) groups is 1. The molecule has 0 radical (unpaired) electrons. The summed E-state index contributed by atoms with van der Waals surface area (Å²) in [7, 11) is 0. The van der Waals surface area contributed by atoms with Crippen LogP contribution in [0.4, 0.5) is 10.5 Å². The van der Waals surface area contributed by atoms with Crippen LogP contribution in [0.3, 0.4) is 0 Å². The third-order valence-corrected chi connectivity index (χ3v) is 5.98. The van der Waals surface area contributed by atoms with Gasteiger partial charge in [-0.1, -0.05) is 31.5 Å². The van der Waals surface area contributed by atoms with Crippen molar-refractivity contribution in [2.45, 2.75) is 38.2 Å². The maximum absolute atomic E-state index is 12.2. The maximum atomic E-state index is 12.2. The van der Waals surface area contributed by atoms with Crippen molar-refractivity contribution in [2.75, 3.05) is 19.6 Å². The topological polar surface area (TPSA) is 91.0 Å². The number of nitrogens with zero attached hydrogens (tertiary/aromatic N) is 2. The second kappa shape index (κ2) is 9.21. The van der Waals surface area contributed by atoms with Crippen LogP contribution in [0.2, 0.25) is 0 Å². The summed E-state index contributed by atoms with van der Waals surface area (Å²) in [6.07, 6.45) is 3.03. The quantitative estimate of drug-likeness (QED) is 0.393. The number of hydrogen-bond acceptors (Lipinski definition) is 4.